The molecular weight excluding hydrogens is 182 g/mol. The molecule has 2 fully saturated rings. The van der Waals surface area contributed by atoms with Gasteiger partial charge in [-0.05, 0) is 31.6 Å². The molecule has 1 aliphatic carbocycles. The average Bonchev–Trinajstić information content (AvgIpc) is 3.00. The highest BCUT2D eigenvalue weighted by molar-refractivity contribution is 5.98. The monoisotopic (exact) mass is 197 g/mol. The van der Waals surface area contributed by atoms with Crippen LogP contribution in [0.25, 0.3) is 0 Å². The molecule has 0 aromatic heterocycles. The lowest BCUT2D eigenvalue weighted by Crippen LogP contribution is -2.47. The van der Waals surface area contributed by atoms with Crippen LogP contribution in [-0.2, 0) is 14.3 Å². The van der Waals surface area contributed by atoms with Crippen LogP contribution in [0.5, 0.6) is 0 Å². The Morgan fingerprint density at radius 3 is 2.57 bits per heavy atom. The summed E-state index contributed by atoms with van der Waals surface area (Å²) < 4.78 is 4.57. The highest BCUT2D eigenvalue weighted by Gasteiger charge is 2.40. The van der Waals surface area contributed by atoms with E-state index in [2.05, 4.69) is 10.1 Å². The van der Waals surface area contributed by atoms with Crippen molar-refractivity contribution in [1.82, 2.24) is 5.32 Å². The molecule has 2 atom stereocenters. The van der Waals surface area contributed by atoms with E-state index < -0.39 is 11.9 Å². The lowest BCUT2D eigenvalue weighted by molar-refractivity contribution is -0.151. The number of hydrogen-bond donors (Lipinski definition) is 1. The lowest BCUT2D eigenvalue weighted by atomic mass is 9.92. The van der Waals surface area contributed by atoms with Crippen molar-refractivity contribution in [3.8, 4) is 0 Å². The first-order valence-corrected chi connectivity index (χ1v) is 5.10. The number of rotatable bonds is 2. The topological polar surface area (TPSA) is 55.4 Å². The van der Waals surface area contributed by atoms with Crippen LogP contribution in [0.2, 0.25) is 0 Å². The predicted octanol–water partition coefficient (Wildman–Crippen LogP) is 0.464. The SMILES string of the molecule is COC(=O)[C@H]1CC[C@H](C2CC2)NC1=O. The Morgan fingerprint density at radius 1 is 1.36 bits per heavy atom. The summed E-state index contributed by atoms with van der Waals surface area (Å²) in [6.07, 6.45) is 3.98. The molecule has 1 heterocycles. The van der Waals surface area contributed by atoms with Crippen LogP contribution in [-0.4, -0.2) is 25.0 Å². The Bertz CT molecular complexity index is 260. The van der Waals surface area contributed by atoms with Gasteiger partial charge in [0.2, 0.25) is 5.91 Å². The predicted molar refractivity (Wildman–Crippen MR) is 49.4 cm³/mol. The summed E-state index contributed by atoms with van der Waals surface area (Å²) in [5.74, 6) is -0.468. The van der Waals surface area contributed by atoms with E-state index in [1.807, 2.05) is 0 Å². The third kappa shape index (κ3) is 1.74. The van der Waals surface area contributed by atoms with Gasteiger partial charge in [0, 0.05) is 6.04 Å². The van der Waals surface area contributed by atoms with Gasteiger partial charge in [-0.1, -0.05) is 0 Å². The standard InChI is InChI=1S/C10H15NO3/c1-14-10(13)7-4-5-8(6-2-3-6)11-9(7)12/h6-8H,2-5H2,1H3,(H,11,12)/t7-,8+/m0/s1. The molecule has 1 amide bonds. The van der Waals surface area contributed by atoms with E-state index in [0.717, 1.165) is 6.42 Å². The average molecular weight is 197 g/mol. The van der Waals surface area contributed by atoms with E-state index in [0.29, 0.717) is 18.4 Å². The fraction of sp³-hybridized carbons (Fsp3) is 0.800. The second kappa shape index (κ2) is 3.59. The number of methoxy groups -OCH3 is 1. The van der Waals surface area contributed by atoms with E-state index in [1.165, 1.54) is 20.0 Å². The molecule has 2 aliphatic rings. The molecule has 4 heteroatoms. The van der Waals surface area contributed by atoms with Gasteiger partial charge in [-0.25, -0.2) is 0 Å². The van der Waals surface area contributed by atoms with Crippen molar-refractivity contribution in [3.63, 3.8) is 0 Å². The van der Waals surface area contributed by atoms with Gasteiger partial charge in [-0.15, -0.1) is 0 Å². The van der Waals surface area contributed by atoms with Crippen molar-refractivity contribution >= 4 is 11.9 Å². The van der Waals surface area contributed by atoms with Gasteiger partial charge in [-0.2, -0.15) is 0 Å². The number of piperidine rings is 1. The summed E-state index contributed by atoms with van der Waals surface area (Å²) in [4.78, 5) is 22.7. The van der Waals surface area contributed by atoms with Crippen molar-refractivity contribution < 1.29 is 14.3 Å². The van der Waals surface area contributed by atoms with Crippen LogP contribution in [0.1, 0.15) is 25.7 Å². The molecule has 0 radical (unpaired) electrons. The zero-order valence-corrected chi connectivity index (χ0v) is 8.29. The van der Waals surface area contributed by atoms with Gasteiger partial charge < -0.3 is 10.1 Å². The van der Waals surface area contributed by atoms with Crippen LogP contribution in [0.4, 0.5) is 0 Å². The molecular formula is C10H15NO3. The first kappa shape index (κ1) is 9.49. The second-order valence-electron chi connectivity index (χ2n) is 4.11. The molecule has 0 spiro atoms. The number of esters is 1. The molecule has 2 rings (SSSR count). The summed E-state index contributed by atoms with van der Waals surface area (Å²) in [5.41, 5.74) is 0. The molecule has 1 saturated heterocycles. The molecule has 78 valence electrons. The Balaban J connectivity index is 1.92. The molecule has 0 aromatic rings. The Morgan fingerprint density at radius 2 is 2.07 bits per heavy atom. The van der Waals surface area contributed by atoms with Gasteiger partial charge in [-0.3, -0.25) is 9.59 Å². The maximum absolute atomic E-state index is 11.5. The molecule has 1 aliphatic heterocycles. The van der Waals surface area contributed by atoms with Crippen molar-refractivity contribution in [2.45, 2.75) is 31.7 Å². The number of carbonyl (C=O) groups excluding carboxylic acids is 2. The Labute approximate surface area is 83.0 Å². The van der Waals surface area contributed by atoms with E-state index in [9.17, 15) is 9.59 Å². The molecule has 0 unspecified atom stereocenters. The van der Waals surface area contributed by atoms with Gasteiger partial charge in [0.1, 0.15) is 5.92 Å². The summed E-state index contributed by atoms with van der Waals surface area (Å²) in [6.45, 7) is 0. The highest BCUT2D eigenvalue weighted by Crippen LogP contribution is 2.36. The van der Waals surface area contributed by atoms with Gasteiger partial charge in [0.25, 0.3) is 0 Å². The first-order valence-electron chi connectivity index (χ1n) is 5.10. The van der Waals surface area contributed by atoms with Gasteiger partial charge >= 0.3 is 5.97 Å². The van der Waals surface area contributed by atoms with Crippen molar-refractivity contribution in [2.75, 3.05) is 7.11 Å². The maximum Gasteiger partial charge on any atom is 0.318 e. The van der Waals surface area contributed by atoms with E-state index in [4.69, 9.17) is 0 Å². The van der Waals surface area contributed by atoms with Crippen LogP contribution < -0.4 is 5.32 Å². The first-order chi connectivity index (χ1) is 6.72. The maximum atomic E-state index is 11.5. The summed E-state index contributed by atoms with van der Waals surface area (Å²) >= 11 is 0. The Kier molecular flexibility index (Phi) is 2.44. The van der Waals surface area contributed by atoms with Crippen molar-refractivity contribution in [2.24, 2.45) is 11.8 Å². The van der Waals surface area contributed by atoms with E-state index in [-0.39, 0.29) is 5.91 Å². The van der Waals surface area contributed by atoms with Crippen LogP contribution in [0.15, 0.2) is 0 Å². The minimum atomic E-state index is -0.574. The number of carbonyl (C=O) groups is 2. The summed E-state index contributed by atoms with van der Waals surface area (Å²) in [6, 6.07) is 0.309. The highest BCUT2D eigenvalue weighted by atomic mass is 16.5. The zero-order chi connectivity index (χ0) is 10.1. The lowest BCUT2D eigenvalue weighted by Gasteiger charge is -2.27. The second-order valence-corrected chi connectivity index (χ2v) is 4.11. The fourth-order valence-electron chi connectivity index (χ4n) is 2.05. The largest absolute Gasteiger partial charge is 0.468 e. The van der Waals surface area contributed by atoms with Crippen LogP contribution in [0, 0.1) is 11.8 Å². The number of ether oxygens (including phenoxy) is 1. The van der Waals surface area contributed by atoms with Crippen LogP contribution in [0.3, 0.4) is 0 Å². The van der Waals surface area contributed by atoms with E-state index >= 15 is 0 Å². The van der Waals surface area contributed by atoms with Crippen molar-refractivity contribution in [3.05, 3.63) is 0 Å². The molecule has 1 saturated carbocycles. The molecule has 0 aromatic carbocycles. The minimum Gasteiger partial charge on any atom is -0.468 e. The molecule has 4 nitrogen and oxygen atoms in total. The normalized spacial score (nSPS) is 32.2. The van der Waals surface area contributed by atoms with E-state index in [1.54, 1.807) is 0 Å². The number of amides is 1. The number of nitrogens with one attached hydrogen (secondary N) is 1. The summed E-state index contributed by atoms with van der Waals surface area (Å²) in [7, 11) is 1.32. The minimum absolute atomic E-state index is 0.153. The third-order valence-electron chi connectivity index (χ3n) is 3.09. The molecule has 14 heavy (non-hydrogen) atoms. The smallest absolute Gasteiger partial charge is 0.318 e. The van der Waals surface area contributed by atoms with Crippen LogP contribution >= 0.6 is 0 Å². The molecule has 0 bridgehead atoms. The quantitative estimate of drug-likeness (QED) is 0.517. The fourth-order valence-corrected chi connectivity index (χ4v) is 2.05. The third-order valence-corrected chi connectivity index (χ3v) is 3.09. The zero-order valence-electron chi connectivity index (χ0n) is 8.29. The van der Waals surface area contributed by atoms with Gasteiger partial charge in [0.05, 0.1) is 7.11 Å². The number of hydrogen-bond acceptors (Lipinski definition) is 3. The summed E-state index contributed by atoms with van der Waals surface area (Å²) in [5, 5.41) is 2.90. The Hall–Kier alpha value is -1.06. The van der Waals surface area contributed by atoms with Crippen molar-refractivity contribution in [1.29, 1.82) is 0 Å². The molecule has 1 N–H and O–H groups in total. The van der Waals surface area contributed by atoms with Gasteiger partial charge in [0.15, 0.2) is 0 Å².